The van der Waals surface area contributed by atoms with Gasteiger partial charge < -0.3 is 22.5 Å². The van der Waals surface area contributed by atoms with E-state index in [2.05, 4.69) is 27.1 Å². The van der Waals surface area contributed by atoms with E-state index in [0.29, 0.717) is 11.4 Å². The monoisotopic (exact) mass is 711 g/mol. The first-order valence-electron chi connectivity index (χ1n) is 10.6. The molecule has 0 unspecified atom stereocenters. The van der Waals surface area contributed by atoms with Crippen molar-refractivity contribution < 1.29 is 47.6 Å². The summed E-state index contributed by atoms with van der Waals surface area (Å²) < 4.78 is 51.6. The number of halogens is 4. The first-order chi connectivity index (χ1) is 17.8. The molecule has 0 atom stereocenters. The SMILES string of the molecule is Fc1c[c-]c(-c2ccccn2)c(F)c1.Fc1c[c-]c(-c2ccccn2)c(F)c1.O=C(O)c1ccccn1.[CH3-].[Ir+3]. The fraction of sp³-hybridized carbons (Fsp3) is 0. The Balaban J connectivity index is 0.000000292. The van der Waals surface area contributed by atoms with Crippen LogP contribution < -0.4 is 0 Å². The molecule has 0 spiro atoms. The van der Waals surface area contributed by atoms with Gasteiger partial charge in [-0.25, -0.2) is 9.78 Å². The molecule has 0 fully saturated rings. The largest absolute Gasteiger partial charge is 3.00 e. The maximum absolute atomic E-state index is 13.2. The van der Waals surface area contributed by atoms with Crippen molar-refractivity contribution in [2.24, 2.45) is 0 Å². The molecule has 10 heteroatoms. The number of pyridine rings is 3. The maximum Gasteiger partial charge on any atom is 3.00 e. The molecule has 0 saturated heterocycles. The summed E-state index contributed by atoms with van der Waals surface area (Å²) >= 11 is 0. The van der Waals surface area contributed by atoms with Crippen LogP contribution >= 0.6 is 0 Å². The summed E-state index contributed by atoms with van der Waals surface area (Å²) in [5.41, 5.74) is 1.35. The molecule has 200 valence electrons. The zero-order valence-corrected chi connectivity index (χ0v) is 22.7. The van der Waals surface area contributed by atoms with Gasteiger partial charge in [-0.15, -0.1) is 24.3 Å². The van der Waals surface area contributed by atoms with Crippen molar-refractivity contribution in [2.45, 2.75) is 0 Å². The molecule has 3 aromatic heterocycles. The minimum Gasteiger partial charge on any atom is -0.477 e. The molecule has 0 amide bonds. The van der Waals surface area contributed by atoms with Gasteiger partial charge >= 0.3 is 26.1 Å². The standard InChI is InChI=1S/2C11H6F2N.C6H5NO2.CH3.Ir/c2*12-8-4-5-9(10(13)7-8)11-3-1-2-6-14-11;8-6(9)5-3-1-2-4-7-5;;/h2*1-4,6-7H;1-4H,(H,8,9);1H3;/q2*-1;;-1;+3. The van der Waals surface area contributed by atoms with Crippen LogP contribution in [0.3, 0.4) is 0 Å². The maximum atomic E-state index is 13.2. The van der Waals surface area contributed by atoms with E-state index in [-0.39, 0.29) is 44.4 Å². The molecular weight excluding hydrogens is 691 g/mol. The van der Waals surface area contributed by atoms with Crippen molar-refractivity contribution in [2.75, 3.05) is 0 Å². The van der Waals surface area contributed by atoms with Crippen LogP contribution in [0.4, 0.5) is 17.6 Å². The number of carbonyl (C=O) groups is 1. The first-order valence-corrected chi connectivity index (χ1v) is 10.6. The quantitative estimate of drug-likeness (QED) is 0.163. The van der Waals surface area contributed by atoms with Crippen molar-refractivity contribution in [3.8, 4) is 22.5 Å². The Bertz CT molecular complexity index is 1360. The number of nitrogens with zero attached hydrogens (tertiary/aromatic N) is 3. The second-order valence-corrected chi connectivity index (χ2v) is 7.03. The average molecular weight is 711 g/mol. The van der Waals surface area contributed by atoms with Crippen molar-refractivity contribution in [3.05, 3.63) is 146 Å². The van der Waals surface area contributed by atoms with E-state index in [0.717, 1.165) is 24.3 Å². The molecule has 3 heterocycles. The van der Waals surface area contributed by atoms with Crippen LogP contribution in [-0.2, 0) is 20.1 Å². The number of carboxylic acids is 1. The minimum atomic E-state index is -0.990. The number of carboxylic acid groups (broad SMARTS) is 1. The molecule has 0 bridgehead atoms. The third kappa shape index (κ3) is 10.2. The van der Waals surface area contributed by atoms with Gasteiger partial charge in [0, 0.05) is 41.9 Å². The fourth-order valence-electron chi connectivity index (χ4n) is 2.79. The Hall–Kier alpha value is -4.27. The van der Waals surface area contributed by atoms with Crippen molar-refractivity contribution in [3.63, 3.8) is 0 Å². The number of aromatic nitrogens is 3. The third-order valence-corrected chi connectivity index (χ3v) is 4.44. The number of rotatable bonds is 3. The predicted octanol–water partition coefficient (Wildman–Crippen LogP) is 6.88. The van der Waals surface area contributed by atoms with E-state index in [4.69, 9.17) is 5.11 Å². The Morgan fingerprint density at radius 1 is 0.667 bits per heavy atom. The molecule has 0 aliphatic carbocycles. The third-order valence-electron chi connectivity index (χ3n) is 4.44. The summed E-state index contributed by atoms with van der Waals surface area (Å²) in [7, 11) is 0. The van der Waals surface area contributed by atoms with Gasteiger partial charge in [-0.1, -0.05) is 53.6 Å². The van der Waals surface area contributed by atoms with Gasteiger partial charge in [0.25, 0.3) is 0 Å². The van der Waals surface area contributed by atoms with Crippen LogP contribution in [-0.4, -0.2) is 26.0 Å². The van der Waals surface area contributed by atoms with E-state index in [1.807, 2.05) is 0 Å². The molecule has 5 rings (SSSR count). The van der Waals surface area contributed by atoms with Crippen LogP contribution in [0.2, 0.25) is 0 Å². The molecule has 2 aromatic carbocycles. The zero-order valence-electron chi connectivity index (χ0n) is 20.3. The van der Waals surface area contributed by atoms with E-state index >= 15 is 0 Å². The van der Waals surface area contributed by atoms with Gasteiger partial charge in [0.05, 0.1) is 0 Å². The van der Waals surface area contributed by atoms with Crippen LogP contribution in [0.5, 0.6) is 0 Å². The number of hydrogen-bond acceptors (Lipinski definition) is 4. The topological polar surface area (TPSA) is 76.0 Å². The van der Waals surface area contributed by atoms with E-state index in [1.165, 1.54) is 12.3 Å². The normalized spacial score (nSPS) is 9.33. The van der Waals surface area contributed by atoms with Gasteiger partial charge in [0.15, 0.2) is 0 Å². The molecule has 5 aromatic rings. The summed E-state index contributed by atoms with van der Waals surface area (Å²) in [5.74, 6) is -3.56. The number of benzene rings is 2. The van der Waals surface area contributed by atoms with Crippen LogP contribution in [0.15, 0.2) is 97.5 Å². The summed E-state index contributed by atoms with van der Waals surface area (Å²) in [6, 6.07) is 23.8. The Morgan fingerprint density at radius 2 is 1.08 bits per heavy atom. The van der Waals surface area contributed by atoms with Gasteiger partial charge in [0.2, 0.25) is 0 Å². The van der Waals surface area contributed by atoms with E-state index in [1.54, 1.807) is 60.9 Å². The van der Waals surface area contributed by atoms with Crippen LogP contribution in [0, 0.1) is 42.8 Å². The van der Waals surface area contributed by atoms with Gasteiger partial charge in [-0.3, -0.25) is 17.6 Å². The number of hydrogen-bond donors (Lipinski definition) is 1. The summed E-state index contributed by atoms with van der Waals surface area (Å²) in [6.45, 7) is 0. The predicted molar refractivity (Wildman–Crippen MR) is 134 cm³/mol. The molecular formula is C29H20F4IrN3O2. The first kappa shape index (κ1) is 32.8. The molecule has 0 aliphatic heterocycles. The Kier molecular flexibility index (Phi) is 13.9. The fourth-order valence-corrected chi connectivity index (χ4v) is 2.79. The summed E-state index contributed by atoms with van der Waals surface area (Å²) in [4.78, 5) is 21.6. The van der Waals surface area contributed by atoms with Crippen molar-refractivity contribution >= 4 is 5.97 Å². The summed E-state index contributed by atoms with van der Waals surface area (Å²) in [6.07, 6.45) is 4.54. The van der Waals surface area contributed by atoms with Gasteiger partial charge in [0.1, 0.15) is 5.69 Å². The average Bonchev–Trinajstić information content (AvgIpc) is 2.91. The molecule has 0 saturated carbocycles. The Labute approximate surface area is 236 Å². The van der Waals surface area contributed by atoms with Gasteiger partial charge in [-0.05, 0) is 35.7 Å². The second kappa shape index (κ2) is 16.5. The smallest absolute Gasteiger partial charge is 0.477 e. The molecule has 39 heavy (non-hydrogen) atoms. The Morgan fingerprint density at radius 3 is 1.36 bits per heavy atom. The van der Waals surface area contributed by atoms with Crippen LogP contribution in [0.25, 0.3) is 22.5 Å². The molecule has 5 nitrogen and oxygen atoms in total. The van der Waals surface area contributed by atoms with Crippen LogP contribution in [0.1, 0.15) is 10.5 Å². The summed E-state index contributed by atoms with van der Waals surface area (Å²) in [5, 5.41) is 8.32. The van der Waals surface area contributed by atoms with Crippen molar-refractivity contribution in [1.82, 2.24) is 15.0 Å². The zero-order chi connectivity index (χ0) is 26.6. The van der Waals surface area contributed by atoms with Crippen molar-refractivity contribution in [1.29, 1.82) is 0 Å². The van der Waals surface area contributed by atoms with E-state index < -0.39 is 29.2 Å². The second-order valence-electron chi connectivity index (χ2n) is 7.03. The molecule has 1 N–H and O–H groups in total. The van der Waals surface area contributed by atoms with Gasteiger partial charge in [-0.2, -0.15) is 0 Å². The van der Waals surface area contributed by atoms with E-state index in [9.17, 15) is 22.4 Å². The minimum absolute atomic E-state index is 0. The number of aromatic carboxylic acids is 1. The molecule has 0 aliphatic rings. The molecule has 0 radical (unpaired) electrons.